The van der Waals surface area contributed by atoms with E-state index >= 15 is 0 Å². The van der Waals surface area contributed by atoms with Gasteiger partial charge in [0.2, 0.25) is 15.9 Å². The number of carbonyl (C=O) groups is 2. The van der Waals surface area contributed by atoms with Crippen LogP contribution in [0.3, 0.4) is 0 Å². The lowest BCUT2D eigenvalue weighted by molar-refractivity contribution is -0.116. The molecule has 1 aromatic carbocycles. The zero-order valence-corrected chi connectivity index (χ0v) is 16.3. The highest BCUT2D eigenvalue weighted by atomic mass is 32.2. The molecule has 2 amide bonds. The van der Waals surface area contributed by atoms with Crippen LogP contribution in [0.4, 0.5) is 5.82 Å². The van der Waals surface area contributed by atoms with Gasteiger partial charge in [0.15, 0.2) is 5.82 Å². The maximum absolute atomic E-state index is 12.5. The third-order valence-electron chi connectivity index (χ3n) is 3.41. The zero-order chi connectivity index (χ0) is 20.2. The van der Waals surface area contributed by atoms with E-state index in [0.717, 1.165) is 0 Å². The number of hydrogen-bond acceptors (Lipinski definition) is 6. The van der Waals surface area contributed by atoms with Crippen LogP contribution in [-0.4, -0.2) is 49.9 Å². The van der Waals surface area contributed by atoms with Gasteiger partial charge in [-0.15, -0.1) is 0 Å². The number of nitrogens with one attached hydrogen (secondary N) is 2. The second-order valence-corrected chi connectivity index (χ2v) is 8.05. The highest BCUT2D eigenvalue weighted by molar-refractivity contribution is 7.89. The predicted octanol–water partition coefficient (Wildman–Crippen LogP) is 1.38. The number of anilines is 1. The van der Waals surface area contributed by atoms with Crippen molar-refractivity contribution in [2.24, 2.45) is 0 Å². The molecule has 9 nitrogen and oxygen atoms in total. The summed E-state index contributed by atoms with van der Waals surface area (Å²) in [6, 6.07) is 6.93. The zero-order valence-electron chi connectivity index (χ0n) is 15.5. The van der Waals surface area contributed by atoms with E-state index in [1.165, 1.54) is 36.2 Å². The molecule has 0 fully saturated rings. The van der Waals surface area contributed by atoms with Crippen molar-refractivity contribution in [1.29, 1.82) is 0 Å². The Balaban J connectivity index is 2.08. The molecule has 1 aromatic heterocycles. The van der Waals surface area contributed by atoms with Crippen LogP contribution >= 0.6 is 0 Å². The van der Waals surface area contributed by atoms with Gasteiger partial charge in [0.05, 0.1) is 11.4 Å². The summed E-state index contributed by atoms with van der Waals surface area (Å²) in [5, 5.41) is 6.16. The molecule has 0 unspecified atom stereocenters. The Labute approximate surface area is 157 Å². The summed E-state index contributed by atoms with van der Waals surface area (Å²) in [5.74, 6) is -0.138. The molecule has 0 radical (unpaired) electrons. The summed E-state index contributed by atoms with van der Waals surface area (Å²) in [7, 11) is -2.27. The van der Waals surface area contributed by atoms with Crippen molar-refractivity contribution in [1.82, 2.24) is 14.8 Å². The predicted molar refractivity (Wildman–Crippen MR) is 98.7 cm³/mol. The third-order valence-corrected chi connectivity index (χ3v) is 5.06. The van der Waals surface area contributed by atoms with Crippen LogP contribution in [0.1, 0.15) is 30.0 Å². The summed E-state index contributed by atoms with van der Waals surface area (Å²) in [6.07, 6.45) is 0. The normalized spacial score (nSPS) is 11.4. The van der Waals surface area contributed by atoms with Gasteiger partial charge in [0.1, 0.15) is 5.76 Å². The summed E-state index contributed by atoms with van der Waals surface area (Å²) < 4.78 is 31.8. The molecule has 0 saturated carbocycles. The largest absolute Gasteiger partial charge is 0.360 e. The minimum absolute atomic E-state index is 0.0158. The third kappa shape index (κ3) is 5.63. The molecular weight excluding hydrogens is 372 g/mol. The van der Waals surface area contributed by atoms with E-state index in [1.54, 1.807) is 26.8 Å². The molecule has 0 atom stereocenters. The minimum Gasteiger partial charge on any atom is -0.360 e. The Hall–Kier alpha value is -2.72. The van der Waals surface area contributed by atoms with Crippen molar-refractivity contribution in [3.8, 4) is 0 Å². The van der Waals surface area contributed by atoms with Crippen LogP contribution < -0.4 is 10.0 Å². The van der Waals surface area contributed by atoms with Crippen LogP contribution in [0.25, 0.3) is 0 Å². The molecule has 1 heterocycles. The maximum Gasteiger partial charge on any atom is 0.254 e. The van der Waals surface area contributed by atoms with Crippen LogP contribution in [0.5, 0.6) is 0 Å². The first-order chi connectivity index (χ1) is 12.6. The van der Waals surface area contributed by atoms with Crippen molar-refractivity contribution in [3.05, 3.63) is 41.7 Å². The topological polar surface area (TPSA) is 122 Å². The standard InChI is InChI=1S/C17H22N4O5S/c1-11(2)20-27(24,25)14-7-5-6-13(9-14)17(23)21(4)10-16(22)18-15-8-12(3)26-19-15/h5-9,11,20H,10H2,1-4H3,(H,18,19,22). The second kappa shape index (κ2) is 8.31. The fraction of sp³-hybridized carbons (Fsp3) is 0.353. The van der Waals surface area contributed by atoms with Gasteiger partial charge in [-0.1, -0.05) is 11.2 Å². The Kier molecular flexibility index (Phi) is 6.34. The molecule has 2 rings (SSSR count). The number of hydrogen-bond donors (Lipinski definition) is 2. The smallest absolute Gasteiger partial charge is 0.254 e. The molecule has 0 aliphatic heterocycles. The molecule has 2 N–H and O–H groups in total. The van der Waals surface area contributed by atoms with E-state index in [0.29, 0.717) is 5.76 Å². The molecule has 0 aliphatic rings. The van der Waals surface area contributed by atoms with Gasteiger partial charge in [-0.3, -0.25) is 9.59 Å². The van der Waals surface area contributed by atoms with E-state index in [2.05, 4.69) is 15.2 Å². The van der Waals surface area contributed by atoms with Crippen LogP contribution in [0.15, 0.2) is 39.8 Å². The van der Waals surface area contributed by atoms with Crippen LogP contribution in [-0.2, 0) is 14.8 Å². The number of aryl methyl sites for hydroxylation is 1. The fourth-order valence-electron chi connectivity index (χ4n) is 2.29. The summed E-state index contributed by atoms with van der Waals surface area (Å²) in [4.78, 5) is 25.7. The average molecular weight is 394 g/mol. The number of aromatic nitrogens is 1. The van der Waals surface area contributed by atoms with Crippen LogP contribution in [0.2, 0.25) is 0 Å². The highest BCUT2D eigenvalue weighted by Gasteiger charge is 2.20. The van der Waals surface area contributed by atoms with Gasteiger partial charge in [0, 0.05) is 24.7 Å². The lowest BCUT2D eigenvalue weighted by Crippen LogP contribution is -2.35. The average Bonchev–Trinajstić information content (AvgIpc) is 2.97. The highest BCUT2D eigenvalue weighted by Crippen LogP contribution is 2.14. The quantitative estimate of drug-likeness (QED) is 0.732. The Bertz CT molecular complexity index is 936. The fourth-order valence-corrected chi connectivity index (χ4v) is 3.59. The van der Waals surface area contributed by atoms with Crippen molar-refractivity contribution in [2.45, 2.75) is 31.7 Å². The molecule has 0 saturated heterocycles. The first-order valence-electron chi connectivity index (χ1n) is 8.19. The summed E-state index contributed by atoms with van der Waals surface area (Å²) in [5.41, 5.74) is 0.161. The number of sulfonamides is 1. The summed E-state index contributed by atoms with van der Waals surface area (Å²) in [6.45, 7) is 4.87. The maximum atomic E-state index is 12.5. The molecule has 27 heavy (non-hydrogen) atoms. The molecule has 0 aliphatic carbocycles. The van der Waals surface area contributed by atoms with Gasteiger partial charge >= 0.3 is 0 Å². The molecule has 146 valence electrons. The Morgan fingerprint density at radius 2 is 1.96 bits per heavy atom. The van der Waals surface area contributed by atoms with Gasteiger partial charge in [-0.2, -0.15) is 0 Å². The van der Waals surface area contributed by atoms with Gasteiger partial charge < -0.3 is 14.7 Å². The first-order valence-corrected chi connectivity index (χ1v) is 9.68. The minimum atomic E-state index is -3.72. The van der Waals surface area contributed by atoms with Crippen molar-refractivity contribution >= 4 is 27.7 Å². The lowest BCUT2D eigenvalue weighted by Gasteiger charge is -2.17. The Morgan fingerprint density at radius 3 is 2.56 bits per heavy atom. The number of benzene rings is 1. The van der Waals surface area contributed by atoms with E-state index in [-0.39, 0.29) is 28.9 Å². The van der Waals surface area contributed by atoms with Gasteiger partial charge in [-0.05, 0) is 39.0 Å². The van der Waals surface area contributed by atoms with Gasteiger partial charge in [0.25, 0.3) is 5.91 Å². The van der Waals surface area contributed by atoms with Crippen molar-refractivity contribution < 1.29 is 22.5 Å². The lowest BCUT2D eigenvalue weighted by atomic mass is 10.2. The molecule has 10 heteroatoms. The second-order valence-electron chi connectivity index (χ2n) is 6.34. The number of amides is 2. The van der Waals surface area contributed by atoms with E-state index < -0.39 is 21.8 Å². The SMILES string of the molecule is Cc1cc(NC(=O)CN(C)C(=O)c2cccc(S(=O)(=O)NC(C)C)c2)no1. The van der Waals surface area contributed by atoms with Crippen LogP contribution in [0, 0.1) is 6.92 Å². The molecule has 0 spiro atoms. The summed E-state index contributed by atoms with van der Waals surface area (Å²) >= 11 is 0. The van der Waals surface area contributed by atoms with Crippen molar-refractivity contribution in [3.63, 3.8) is 0 Å². The molecule has 0 bridgehead atoms. The monoisotopic (exact) mass is 394 g/mol. The van der Waals surface area contributed by atoms with E-state index in [4.69, 9.17) is 4.52 Å². The number of carbonyl (C=O) groups excluding carboxylic acids is 2. The number of likely N-dealkylation sites (N-methyl/N-ethyl adjacent to an activating group) is 1. The first kappa shape index (κ1) is 20.6. The van der Waals surface area contributed by atoms with E-state index in [1.807, 2.05) is 0 Å². The molecular formula is C17H22N4O5S. The van der Waals surface area contributed by atoms with Gasteiger partial charge in [-0.25, -0.2) is 13.1 Å². The Morgan fingerprint density at radius 1 is 1.26 bits per heavy atom. The number of nitrogens with zero attached hydrogens (tertiary/aromatic N) is 2. The van der Waals surface area contributed by atoms with E-state index in [9.17, 15) is 18.0 Å². The van der Waals surface area contributed by atoms with Crippen molar-refractivity contribution in [2.75, 3.05) is 18.9 Å². The number of rotatable bonds is 7. The molecule has 2 aromatic rings.